The van der Waals surface area contributed by atoms with Crippen LogP contribution < -0.4 is 0 Å². The second-order valence-electron chi connectivity index (χ2n) is 8.70. The van der Waals surface area contributed by atoms with Crippen LogP contribution in [0.4, 0.5) is 13.2 Å². The summed E-state index contributed by atoms with van der Waals surface area (Å²) < 4.78 is 49.6. The Morgan fingerprint density at radius 2 is 1.61 bits per heavy atom. The molecule has 1 aliphatic heterocycles. The summed E-state index contributed by atoms with van der Waals surface area (Å²) in [6.45, 7) is 6.25. The highest BCUT2D eigenvalue weighted by Gasteiger charge is 2.23. The molecule has 0 aromatic heterocycles. The van der Waals surface area contributed by atoms with Crippen LogP contribution in [0.2, 0.25) is 0 Å². The summed E-state index contributed by atoms with van der Waals surface area (Å²) in [5, 5.41) is 0. The summed E-state index contributed by atoms with van der Waals surface area (Å²) in [7, 11) is 0. The van der Waals surface area contributed by atoms with E-state index < -0.39 is 11.6 Å². The molecule has 4 rings (SSSR count). The predicted octanol–water partition coefficient (Wildman–Crippen LogP) is 8.43. The molecule has 0 N–H and O–H groups in total. The van der Waals surface area contributed by atoms with Gasteiger partial charge in [-0.2, -0.15) is 0 Å². The topological polar surface area (TPSA) is 9.23 Å². The van der Waals surface area contributed by atoms with Crippen LogP contribution in [0, 0.1) is 23.4 Å². The quantitative estimate of drug-likeness (QED) is 0.328. The molecule has 1 aliphatic rings. The molecule has 3 aromatic rings. The van der Waals surface area contributed by atoms with Crippen molar-refractivity contribution in [1.29, 1.82) is 0 Å². The molecule has 2 unspecified atom stereocenters. The van der Waals surface area contributed by atoms with Gasteiger partial charge in [-0.1, -0.05) is 61.5 Å². The lowest BCUT2D eigenvalue weighted by Crippen LogP contribution is -2.20. The van der Waals surface area contributed by atoms with E-state index in [0.29, 0.717) is 41.2 Å². The molecule has 33 heavy (non-hydrogen) atoms. The van der Waals surface area contributed by atoms with Crippen LogP contribution in [0.15, 0.2) is 67.3 Å². The Kier molecular flexibility index (Phi) is 7.34. The van der Waals surface area contributed by atoms with Crippen LogP contribution in [0.25, 0.3) is 22.3 Å². The average Bonchev–Trinajstić information content (AvgIpc) is 2.85. The first-order valence-corrected chi connectivity index (χ1v) is 11.6. The Bertz CT molecular complexity index is 1110. The van der Waals surface area contributed by atoms with E-state index in [-0.39, 0.29) is 17.5 Å². The zero-order chi connectivity index (χ0) is 23.4. The lowest BCUT2D eigenvalue weighted by Gasteiger charge is -2.29. The highest BCUT2D eigenvalue weighted by Crippen LogP contribution is 2.35. The van der Waals surface area contributed by atoms with Crippen molar-refractivity contribution in [2.45, 2.75) is 45.1 Å². The minimum atomic E-state index is -0.850. The Labute approximate surface area is 193 Å². The van der Waals surface area contributed by atoms with E-state index in [0.717, 1.165) is 31.2 Å². The van der Waals surface area contributed by atoms with Gasteiger partial charge in [0, 0.05) is 11.1 Å². The summed E-state index contributed by atoms with van der Waals surface area (Å²) in [6.07, 6.45) is 6.31. The van der Waals surface area contributed by atoms with Gasteiger partial charge in [-0.25, -0.2) is 13.2 Å². The van der Waals surface area contributed by atoms with Crippen LogP contribution in [-0.4, -0.2) is 6.61 Å². The van der Waals surface area contributed by atoms with E-state index in [9.17, 15) is 13.2 Å². The smallest absolute Gasteiger partial charge is 0.166 e. The summed E-state index contributed by atoms with van der Waals surface area (Å²) in [5.74, 6) is -1.44. The fraction of sp³-hybridized carbons (Fsp3) is 0.310. The molecule has 3 aromatic carbocycles. The number of benzene rings is 3. The van der Waals surface area contributed by atoms with Gasteiger partial charge in [0.2, 0.25) is 0 Å². The second kappa shape index (κ2) is 10.4. The molecule has 0 spiro atoms. The molecular formula is C29H29F3O. The highest BCUT2D eigenvalue weighted by molar-refractivity contribution is 5.71. The maximum absolute atomic E-state index is 15.0. The number of rotatable bonds is 7. The normalized spacial score (nSPS) is 18.3. The zero-order valence-electron chi connectivity index (χ0n) is 18.9. The maximum Gasteiger partial charge on any atom is 0.166 e. The Morgan fingerprint density at radius 3 is 2.21 bits per heavy atom. The average molecular weight is 451 g/mol. The van der Waals surface area contributed by atoms with Gasteiger partial charge in [0.05, 0.1) is 12.7 Å². The monoisotopic (exact) mass is 450 g/mol. The standard InChI is InChI=1S/C29H29F3O/c1-3-5-6-19-7-16-27(33-18-19)23-13-14-24(26(30)17-23)21-8-10-22(11-9-21)25-15-12-20(4-2)28(31)29(25)32/h3,8-15,17,19,27H,1,4-7,16,18H2,2H3. The minimum absolute atomic E-state index is 0.0835. The van der Waals surface area contributed by atoms with Gasteiger partial charge in [-0.15, -0.1) is 6.58 Å². The van der Waals surface area contributed by atoms with Crippen LogP contribution in [0.1, 0.15) is 49.8 Å². The third-order valence-electron chi connectivity index (χ3n) is 6.56. The molecule has 2 atom stereocenters. The van der Waals surface area contributed by atoms with E-state index in [4.69, 9.17) is 4.74 Å². The van der Waals surface area contributed by atoms with E-state index in [1.165, 1.54) is 0 Å². The van der Waals surface area contributed by atoms with Crippen LogP contribution >= 0.6 is 0 Å². The summed E-state index contributed by atoms with van der Waals surface area (Å²) in [5.41, 5.74) is 3.11. The zero-order valence-corrected chi connectivity index (χ0v) is 18.9. The SMILES string of the molecule is C=CCCC1CCC(c2ccc(-c3ccc(-c4ccc(CC)c(F)c4F)cc3)c(F)c2)OC1. The van der Waals surface area contributed by atoms with Crippen LogP contribution in [0.5, 0.6) is 0 Å². The molecule has 4 heteroatoms. The van der Waals surface area contributed by atoms with Crippen molar-refractivity contribution >= 4 is 0 Å². The Morgan fingerprint density at radius 1 is 0.909 bits per heavy atom. The number of aryl methyl sites for hydroxylation is 1. The van der Waals surface area contributed by atoms with Gasteiger partial charge in [0.1, 0.15) is 5.82 Å². The molecule has 1 fully saturated rings. The predicted molar refractivity (Wildman–Crippen MR) is 127 cm³/mol. The van der Waals surface area contributed by atoms with E-state index in [1.54, 1.807) is 55.5 Å². The third kappa shape index (κ3) is 5.06. The number of hydrogen-bond donors (Lipinski definition) is 0. The van der Waals surface area contributed by atoms with Crippen molar-refractivity contribution in [1.82, 2.24) is 0 Å². The van der Waals surface area contributed by atoms with Gasteiger partial charge >= 0.3 is 0 Å². The molecule has 0 saturated carbocycles. The first kappa shape index (κ1) is 23.3. The van der Waals surface area contributed by atoms with E-state index in [1.807, 2.05) is 12.1 Å². The molecule has 1 nitrogen and oxygen atoms in total. The summed E-state index contributed by atoms with van der Waals surface area (Å²) >= 11 is 0. The van der Waals surface area contributed by atoms with Crippen LogP contribution in [0.3, 0.4) is 0 Å². The largest absolute Gasteiger partial charge is 0.373 e. The van der Waals surface area contributed by atoms with E-state index in [2.05, 4.69) is 6.58 Å². The number of ether oxygens (including phenoxy) is 1. The molecule has 172 valence electrons. The lowest BCUT2D eigenvalue weighted by molar-refractivity contribution is -0.0191. The van der Waals surface area contributed by atoms with Gasteiger partial charge in [-0.05, 0) is 66.3 Å². The summed E-state index contributed by atoms with van der Waals surface area (Å²) in [4.78, 5) is 0. The van der Waals surface area contributed by atoms with E-state index >= 15 is 0 Å². The first-order valence-electron chi connectivity index (χ1n) is 11.6. The van der Waals surface area contributed by atoms with Gasteiger partial charge in [0.25, 0.3) is 0 Å². The molecule has 1 heterocycles. The fourth-order valence-electron chi connectivity index (χ4n) is 4.53. The number of hydrogen-bond acceptors (Lipinski definition) is 1. The molecule has 0 radical (unpaired) electrons. The van der Waals surface area contributed by atoms with Crippen molar-refractivity contribution in [3.63, 3.8) is 0 Å². The fourth-order valence-corrected chi connectivity index (χ4v) is 4.53. The molecule has 1 saturated heterocycles. The molecule has 0 bridgehead atoms. The number of halogens is 3. The van der Waals surface area contributed by atoms with Gasteiger partial charge in [-0.3, -0.25) is 0 Å². The Balaban J connectivity index is 1.49. The van der Waals surface area contributed by atoms with Gasteiger partial charge in [0.15, 0.2) is 11.6 Å². The molecule has 0 aliphatic carbocycles. The van der Waals surface area contributed by atoms with Gasteiger partial charge < -0.3 is 4.74 Å². The lowest BCUT2D eigenvalue weighted by atomic mass is 9.91. The molecular weight excluding hydrogens is 421 g/mol. The van der Waals surface area contributed by atoms with Crippen molar-refractivity contribution in [3.05, 3.63) is 95.8 Å². The molecule has 0 amide bonds. The van der Waals surface area contributed by atoms with Crippen molar-refractivity contribution in [2.75, 3.05) is 6.61 Å². The number of allylic oxidation sites excluding steroid dienone is 1. The van der Waals surface area contributed by atoms with Crippen molar-refractivity contribution in [2.24, 2.45) is 5.92 Å². The second-order valence-corrected chi connectivity index (χ2v) is 8.70. The highest BCUT2D eigenvalue weighted by atomic mass is 19.2. The van der Waals surface area contributed by atoms with Crippen molar-refractivity contribution in [3.8, 4) is 22.3 Å². The minimum Gasteiger partial charge on any atom is -0.373 e. The summed E-state index contributed by atoms with van der Waals surface area (Å²) in [6, 6.07) is 15.3. The maximum atomic E-state index is 15.0. The Hall–Kier alpha value is -2.85. The van der Waals surface area contributed by atoms with Crippen molar-refractivity contribution < 1.29 is 17.9 Å². The van der Waals surface area contributed by atoms with Crippen LogP contribution in [-0.2, 0) is 11.2 Å². The first-order chi connectivity index (χ1) is 16.0. The third-order valence-corrected chi connectivity index (χ3v) is 6.56.